The fourth-order valence-electron chi connectivity index (χ4n) is 5.82. The third-order valence-electron chi connectivity index (χ3n) is 7.78. The molecule has 7 heteroatoms. The number of hydrogen-bond donors (Lipinski definition) is 0. The molecular weight excluding hydrogens is 502 g/mol. The molecule has 31 heavy (non-hydrogen) atoms. The maximum atomic E-state index is 2.91. The van der Waals surface area contributed by atoms with E-state index >= 15 is 0 Å². The van der Waals surface area contributed by atoms with Gasteiger partial charge in [0.1, 0.15) is 0 Å². The van der Waals surface area contributed by atoms with Crippen molar-refractivity contribution in [1.29, 1.82) is 0 Å². The third kappa shape index (κ3) is 5.77. The second-order valence-electron chi connectivity index (χ2n) is 10.3. The number of hydrogen-bond acceptors (Lipinski definition) is 2. The van der Waals surface area contributed by atoms with Gasteiger partial charge in [-0.05, 0) is 0 Å². The summed E-state index contributed by atoms with van der Waals surface area (Å²) in [6, 6.07) is 0. The van der Waals surface area contributed by atoms with Crippen molar-refractivity contribution in [2.45, 2.75) is 77.6 Å². The molecule has 2 heterocycles. The molecule has 2 aliphatic heterocycles. The van der Waals surface area contributed by atoms with Crippen LogP contribution in [0, 0.1) is 0 Å². The topological polar surface area (TPSA) is 6.48 Å². The van der Waals surface area contributed by atoms with E-state index in [1.54, 1.807) is 0 Å². The Labute approximate surface area is 202 Å². The first-order valence-electron chi connectivity index (χ1n) is 12.0. The summed E-state index contributed by atoms with van der Waals surface area (Å²) in [4.78, 5) is 0. The number of allylic oxidation sites excluding steroid dienone is 8. The van der Waals surface area contributed by atoms with Crippen LogP contribution in [0.25, 0.3) is 0 Å². The zero-order valence-corrected chi connectivity index (χ0v) is 24.4. The minimum atomic E-state index is -1.48. The van der Waals surface area contributed by atoms with Gasteiger partial charge in [-0.2, -0.15) is 0 Å². The van der Waals surface area contributed by atoms with Crippen LogP contribution in [0.4, 0.5) is 0 Å². The summed E-state index contributed by atoms with van der Waals surface area (Å²) >= 11 is -0.657. The summed E-state index contributed by atoms with van der Waals surface area (Å²) in [7, 11) is -2.96. The SMILES string of the molecule is C[Si](C)(C1=[C]([Zr+2][C]2=C([Si](C)(C)N3CCCCC3)C=CC2)CC=C1)N1CCCCC1.[F-].[F-]. The minimum absolute atomic E-state index is 0. The molecule has 2 fully saturated rings. The first kappa shape index (κ1) is 27.3. The van der Waals surface area contributed by atoms with Crippen LogP contribution < -0.4 is 9.41 Å². The first-order chi connectivity index (χ1) is 13.9. The summed E-state index contributed by atoms with van der Waals surface area (Å²) in [6.07, 6.45) is 21.2. The average molecular weight is 542 g/mol. The number of nitrogens with zero attached hydrogens (tertiary/aromatic N) is 2. The van der Waals surface area contributed by atoms with Crippen molar-refractivity contribution in [2.24, 2.45) is 0 Å². The standard InChI is InChI=1S/2C12H20NSi.2FH.Zr/c2*1-14(2,12-8-4-5-9-12)13-10-6-3-7-11-13;;;/h2*4,8H,3,5-7,10-11H2,1-2H3;2*1H;/q;;;;+2/p-2. The number of piperidine rings is 2. The van der Waals surface area contributed by atoms with Crippen LogP contribution in [-0.2, 0) is 23.2 Å². The zero-order valence-electron chi connectivity index (χ0n) is 19.9. The molecule has 0 aromatic carbocycles. The van der Waals surface area contributed by atoms with E-state index in [0.29, 0.717) is 0 Å². The molecule has 0 radical (unpaired) electrons. The van der Waals surface area contributed by atoms with Crippen LogP contribution in [0.5, 0.6) is 0 Å². The quantitative estimate of drug-likeness (QED) is 0.436. The Hall–Kier alpha value is 0.0569. The second-order valence-corrected chi connectivity index (χ2v) is 22.5. The van der Waals surface area contributed by atoms with E-state index in [2.05, 4.69) is 59.6 Å². The van der Waals surface area contributed by atoms with Crippen LogP contribution in [-0.4, -0.2) is 51.8 Å². The van der Waals surface area contributed by atoms with Gasteiger partial charge in [0.05, 0.1) is 0 Å². The fourth-order valence-corrected chi connectivity index (χ4v) is 20.4. The number of rotatable bonds is 6. The van der Waals surface area contributed by atoms with Gasteiger partial charge in [-0.3, -0.25) is 0 Å². The van der Waals surface area contributed by atoms with Gasteiger partial charge in [0, 0.05) is 0 Å². The Morgan fingerprint density at radius 2 is 0.968 bits per heavy atom. The van der Waals surface area contributed by atoms with Crippen molar-refractivity contribution in [3.8, 4) is 0 Å². The smallest absolute Gasteiger partial charge is 1.00 e. The van der Waals surface area contributed by atoms with Crippen molar-refractivity contribution >= 4 is 16.5 Å². The summed E-state index contributed by atoms with van der Waals surface area (Å²) in [5, 5.41) is 3.67. The zero-order chi connectivity index (χ0) is 20.5. The molecule has 0 spiro atoms. The maximum absolute atomic E-state index is 2.91. The monoisotopic (exact) mass is 540 g/mol. The van der Waals surface area contributed by atoms with E-state index in [0.717, 1.165) is 0 Å². The molecule has 0 aromatic rings. The Morgan fingerprint density at radius 3 is 1.32 bits per heavy atom. The van der Waals surface area contributed by atoms with Gasteiger partial charge in [-0.15, -0.1) is 0 Å². The molecule has 2 nitrogen and oxygen atoms in total. The van der Waals surface area contributed by atoms with Crippen LogP contribution >= 0.6 is 0 Å². The molecule has 2 aliphatic carbocycles. The Morgan fingerprint density at radius 1 is 0.613 bits per heavy atom. The molecule has 0 aromatic heterocycles. The summed E-state index contributed by atoms with van der Waals surface area (Å²) in [5.74, 6) is 0. The van der Waals surface area contributed by atoms with Gasteiger partial charge in [-0.1, -0.05) is 0 Å². The van der Waals surface area contributed by atoms with Crippen molar-refractivity contribution in [3.63, 3.8) is 0 Å². The number of halogens is 2. The molecule has 4 aliphatic rings. The van der Waals surface area contributed by atoms with Gasteiger partial charge < -0.3 is 9.41 Å². The van der Waals surface area contributed by atoms with Gasteiger partial charge in [0.25, 0.3) is 0 Å². The van der Waals surface area contributed by atoms with Crippen molar-refractivity contribution in [3.05, 3.63) is 41.3 Å². The van der Waals surface area contributed by atoms with Gasteiger partial charge in [0.15, 0.2) is 0 Å². The minimum Gasteiger partial charge on any atom is -1.00 e. The molecule has 0 N–H and O–H groups in total. The molecule has 0 atom stereocenters. The van der Waals surface area contributed by atoms with Crippen molar-refractivity contribution < 1.29 is 32.6 Å². The van der Waals surface area contributed by atoms with E-state index in [-0.39, 0.29) is 9.41 Å². The van der Waals surface area contributed by atoms with Crippen LogP contribution in [0.1, 0.15) is 51.4 Å². The van der Waals surface area contributed by atoms with Crippen LogP contribution in [0.15, 0.2) is 41.3 Å². The molecule has 0 amide bonds. The van der Waals surface area contributed by atoms with Gasteiger partial charge >= 0.3 is 194 Å². The maximum Gasteiger partial charge on any atom is -1.00 e. The summed E-state index contributed by atoms with van der Waals surface area (Å²) < 4.78 is 9.68. The first-order valence-corrected chi connectivity index (χ1v) is 20.3. The Kier molecular flexibility index (Phi) is 10.1. The molecule has 172 valence electrons. The predicted octanol–water partition coefficient (Wildman–Crippen LogP) is -0.0347. The van der Waals surface area contributed by atoms with E-state index in [4.69, 9.17) is 0 Å². The van der Waals surface area contributed by atoms with E-state index in [1.807, 2.05) is 17.0 Å². The third-order valence-corrected chi connectivity index (χ3v) is 20.4. The van der Waals surface area contributed by atoms with Gasteiger partial charge in [0.2, 0.25) is 0 Å². The van der Waals surface area contributed by atoms with E-state index < -0.39 is 39.7 Å². The van der Waals surface area contributed by atoms with Crippen LogP contribution in [0.3, 0.4) is 0 Å². The normalized spacial score (nSPS) is 23.1. The predicted molar refractivity (Wildman–Crippen MR) is 127 cm³/mol. The average Bonchev–Trinajstić information content (AvgIpc) is 3.40. The van der Waals surface area contributed by atoms with Crippen molar-refractivity contribution in [2.75, 3.05) is 26.2 Å². The molecule has 0 saturated carbocycles. The summed E-state index contributed by atoms with van der Waals surface area (Å²) in [6.45, 7) is 15.9. The molecule has 0 bridgehead atoms. The molecule has 4 rings (SSSR count). The van der Waals surface area contributed by atoms with E-state index in [9.17, 15) is 0 Å². The van der Waals surface area contributed by atoms with Gasteiger partial charge in [-0.25, -0.2) is 0 Å². The molecule has 2 saturated heterocycles. The second kappa shape index (κ2) is 11.5. The molecule has 0 unspecified atom stereocenters. The Balaban J connectivity index is 0.00000171. The summed E-state index contributed by atoms with van der Waals surface area (Å²) in [5.41, 5.74) is 0. The largest absolute Gasteiger partial charge is 1.00 e. The van der Waals surface area contributed by atoms with E-state index in [1.165, 1.54) is 77.5 Å². The fraction of sp³-hybridized carbons (Fsp3) is 0.667. The van der Waals surface area contributed by atoms with Crippen LogP contribution in [0.2, 0.25) is 26.2 Å². The Bertz CT molecular complexity index is 685. The van der Waals surface area contributed by atoms with Crippen molar-refractivity contribution in [1.82, 2.24) is 9.13 Å². The molecular formula is C24H40F2N2Si2Zr.